The van der Waals surface area contributed by atoms with Crippen LogP contribution >= 0.6 is 0 Å². The van der Waals surface area contributed by atoms with E-state index >= 15 is 0 Å². The van der Waals surface area contributed by atoms with Crippen LogP contribution < -0.4 is 10.6 Å². The quantitative estimate of drug-likeness (QED) is 0.606. The highest BCUT2D eigenvalue weighted by Gasteiger charge is 2.25. The minimum Gasteiger partial charge on any atom is -0.375 e. The summed E-state index contributed by atoms with van der Waals surface area (Å²) in [5, 5.41) is 5.91. The fourth-order valence-corrected chi connectivity index (χ4v) is 4.29. The predicted molar refractivity (Wildman–Crippen MR) is 138 cm³/mol. The number of hydrogen-bond donors (Lipinski definition) is 2. The summed E-state index contributed by atoms with van der Waals surface area (Å²) < 4.78 is 5.53. The molecule has 1 fully saturated rings. The molecular weight excluding hydrogens is 444 g/mol. The second-order valence-corrected chi connectivity index (χ2v) is 9.30. The number of carbonyl (C=O) groups excluding carboxylic acids is 3. The van der Waals surface area contributed by atoms with Crippen LogP contribution in [0.5, 0.6) is 0 Å². The summed E-state index contributed by atoms with van der Waals surface area (Å²) in [7, 11) is 0. The van der Waals surface area contributed by atoms with Crippen molar-refractivity contribution in [2.45, 2.75) is 40.7 Å². The number of carbonyl (C=O) groups is 3. The van der Waals surface area contributed by atoms with Crippen LogP contribution in [-0.2, 0) is 19.1 Å². The summed E-state index contributed by atoms with van der Waals surface area (Å²) >= 11 is 0. The molecule has 0 radical (unpaired) electrons. The molecule has 2 N–H and O–H groups in total. The van der Waals surface area contributed by atoms with Crippen LogP contribution in [0.3, 0.4) is 0 Å². The molecule has 0 spiro atoms. The number of aryl methyl sites for hydroxylation is 4. The van der Waals surface area contributed by atoms with Crippen LogP contribution in [0.1, 0.15) is 29.2 Å². The van der Waals surface area contributed by atoms with E-state index in [4.69, 9.17) is 4.74 Å². The molecule has 188 valence electrons. The molecule has 0 aliphatic carbocycles. The van der Waals surface area contributed by atoms with Crippen LogP contribution in [0, 0.1) is 27.7 Å². The van der Waals surface area contributed by atoms with Gasteiger partial charge in [-0.2, -0.15) is 0 Å². The van der Waals surface area contributed by atoms with E-state index in [1.165, 1.54) is 0 Å². The molecule has 3 rings (SSSR count). The third-order valence-electron chi connectivity index (χ3n) is 6.18. The van der Waals surface area contributed by atoms with Gasteiger partial charge in [0.25, 0.3) is 0 Å². The molecule has 8 nitrogen and oxygen atoms in total. The maximum atomic E-state index is 13.0. The number of hydrogen-bond acceptors (Lipinski definition) is 5. The van der Waals surface area contributed by atoms with Crippen molar-refractivity contribution < 1.29 is 19.1 Å². The summed E-state index contributed by atoms with van der Waals surface area (Å²) in [6.45, 7) is 10.9. The van der Waals surface area contributed by atoms with Crippen molar-refractivity contribution in [1.29, 1.82) is 0 Å². The average molecular weight is 481 g/mol. The minimum absolute atomic E-state index is 0.0347. The molecule has 0 saturated carbocycles. The van der Waals surface area contributed by atoms with E-state index in [1.807, 2.05) is 71.0 Å². The number of rotatable bonds is 8. The van der Waals surface area contributed by atoms with Gasteiger partial charge in [0, 0.05) is 24.5 Å². The van der Waals surface area contributed by atoms with E-state index in [2.05, 4.69) is 10.6 Å². The number of amides is 3. The van der Waals surface area contributed by atoms with Crippen LogP contribution in [0.4, 0.5) is 11.4 Å². The Bertz CT molecular complexity index is 977. The van der Waals surface area contributed by atoms with Crippen LogP contribution in [-0.4, -0.2) is 73.0 Å². The smallest absolute Gasteiger partial charge is 0.238 e. The zero-order valence-corrected chi connectivity index (χ0v) is 21.3. The Morgan fingerprint density at radius 2 is 1.31 bits per heavy atom. The van der Waals surface area contributed by atoms with Crippen molar-refractivity contribution in [3.05, 3.63) is 58.7 Å². The normalized spacial score (nSPS) is 15.7. The predicted octanol–water partition coefficient (Wildman–Crippen LogP) is 3.05. The number of nitrogens with zero attached hydrogens (tertiary/aromatic N) is 2. The van der Waals surface area contributed by atoms with Gasteiger partial charge in [0.1, 0.15) is 0 Å². The van der Waals surface area contributed by atoms with Crippen LogP contribution in [0.25, 0.3) is 0 Å². The van der Waals surface area contributed by atoms with Gasteiger partial charge in [-0.15, -0.1) is 0 Å². The van der Waals surface area contributed by atoms with Gasteiger partial charge in [0.05, 0.1) is 32.3 Å². The van der Waals surface area contributed by atoms with Crippen molar-refractivity contribution in [2.75, 3.05) is 50.0 Å². The van der Waals surface area contributed by atoms with Gasteiger partial charge in [-0.3, -0.25) is 19.3 Å². The molecule has 0 bridgehead atoms. The molecule has 1 aliphatic heterocycles. The molecule has 2 aromatic rings. The first-order valence-electron chi connectivity index (χ1n) is 12.0. The first kappa shape index (κ1) is 26.4. The highest BCUT2D eigenvalue weighted by Crippen LogP contribution is 2.20. The fraction of sp³-hybridized carbons (Fsp3) is 0.444. The molecule has 1 saturated heterocycles. The molecule has 0 aromatic heterocycles. The Morgan fingerprint density at radius 1 is 0.857 bits per heavy atom. The monoisotopic (exact) mass is 480 g/mol. The molecule has 8 heteroatoms. The lowest BCUT2D eigenvalue weighted by Gasteiger charge is -2.33. The second kappa shape index (κ2) is 12.0. The lowest BCUT2D eigenvalue weighted by atomic mass is 10.1. The van der Waals surface area contributed by atoms with E-state index < -0.39 is 0 Å². The number of ether oxygens (including phenoxy) is 1. The van der Waals surface area contributed by atoms with Gasteiger partial charge in [-0.05, 0) is 56.9 Å². The summed E-state index contributed by atoms with van der Waals surface area (Å²) in [6, 6.07) is 11.6. The summed E-state index contributed by atoms with van der Waals surface area (Å²) in [5.41, 5.74) is 5.33. The molecule has 3 amide bonds. The molecular formula is C27H36N4O4. The average Bonchev–Trinajstić information content (AvgIpc) is 2.79. The first-order chi connectivity index (χ1) is 16.6. The number of morpholine rings is 1. The van der Waals surface area contributed by atoms with Gasteiger partial charge in [0.15, 0.2) is 0 Å². The SMILES string of the molecule is Cc1cccc(C)c1NC(=O)CN(CC(=O)Nc1c(C)cccc1C)CC(=O)N1CCO[C@H](C)C1. The second-order valence-electron chi connectivity index (χ2n) is 9.30. The van der Waals surface area contributed by atoms with Gasteiger partial charge < -0.3 is 20.3 Å². The van der Waals surface area contributed by atoms with Crippen molar-refractivity contribution in [2.24, 2.45) is 0 Å². The maximum absolute atomic E-state index is 13.0. The standard InChI is InChI=1S/C27H36N4O4/c1-18-8-6-9-19(2)26(18)28-23(32)15-30(17-25(34)31-12-13-35-22(5)14-31)16-24(33)29-27-20(3)10-7-11-21(27)4/h6-11,22H,12-17H2,1-5H3,(H,28,32)(H,29,33)/t22-/m1/s1. The third kappa shape index (κ3) is 7.37. The molecule has 2 aromatic carbocycles. The summed E-state index contributed by atoms with van der Waals surface area (Å²) in [5.74, 6) is -0.671. The topological polar surface area (TPSA) is 91.0 Å². The molecule has 0 unspecified atom stereocenters. The van der Waals surface area contributed by atoms with E-state index in [0.717, 1.165) is 33.6 Å². The van der Waals surface area contributed by atoms with Gasteiger partial charge in [-0.25, -0.2) is 0 Å². The van der Waals surface area contributed by atoms with Crippen molar-refractivity contribution in [1.82, 2.24) is 9.80 Å². The largest absolute Gasteiger partial charge is 0.375 e. The van der Waals surface area contributed by atoms with E-state index in [9.17, 15) is 14.4 Å². The van der Waals surface area contributed by atoms with Crippen molar-refractivity contribution >= 4 is 29.1 Å². The van der Waals surface area contributed by atoms with E-state index in [0.29, 0.717) is 19.7 Å². The lowest BCUT2D eigenvalue weighted by molar-refractivity contribution is -0.139. The lowest BCUT2D eigenvalue weighted by Crippen LogP contribution is -2.50. The van der Waals surface area contributed by atoms with Crippen molar-refractivity contribution in [3.63, 3.8) is 0 Å². The fourth-order valence-electron chi connectivity index (χ4n) is 4.29. The highest BCUT2D eigenvalue weighted by atomic mass is 16.5. The van der Waals surface area contributed by atoms with E-state index in [1.54, 1.807) is 9.80 Å². The molecule has 35 heavy (non-hydrogen) atoms. The van der Waals surface area contributed by atoms with Gasteiger partial charge in [-0.1, -0.05) is 36.4 Å². The first-order valence-corrected chi connectivity index (χ1v) is 12.0. The zero-order valence-electron chi connectivity index (χ0n) is 21.3. The van der Waals surface area contributed by atoms with Crippen LogP contribution in [0.15, 0.2) is 36.4 Å². The summed E-state index contributed by atoms with van der Waals surface area (Å²) in [4.78, 5) is 42.2. The Balaban J connectivity index is 1.72. The summed E-state index contributed by atoms with van der Waals surface area (Å²) in [6.07, 6.45) is -0.0409. The number of nitrogens with one attached hydrogen (secondary N) is 2. The third-order valence-corrected chi connectivity index (χ3v) is 6.18. The van der Waals surface area contributed by atoms with Gasteiger partial charge in [0.2, 0.25) is 17.7 Å². The highest BCUT2D eigenvalue weighted by molar-refractivity contribution is 5.96. The number of benzene rings is 2. The van der Waals surface area contributed by atoms with Gasteiger partial charge >= 0.3 is 0 Å². The minimum atomic E-state index is -0.273. The van der Waals surface area contributed by atoms with E-state index in [-0.39, 0.29) is 43.5 Å². The Kier molecular flexibility index (Phi) is 9.01. The maximum Gasteiger partial charge on any atom is 0.238 e. The number of para-hydroxylation sites is 2. The number of anilines is 2. The zero-order chi connectivity index (χ0) is 25.5. The van der Waals surface area contributed by atoms with Crippen LogP contribution in [0.2, 0.25) is 0 Å². The molecule has 1 aliphatic rings. The Morgan fingerprint density at radius 3 is 1.74 bits per heavy atom. The van der Waals surface area contributed by atoms with Crippen molar-refractivity contribution in [3.8, 4) is 0 Å². The Labute approximate surface area is 207 Å². The molecule has 1 atom stereocenters. The molecule has 1 heterocycles. The Hall–Kier alpha value is -3.23.